The Labute approximate surface area is 161 Å². The molecule has 5 nitrogen and oxygen atoms in total. The molecule has 0 aromatic heterocycles. The maximum atomic E-state index is 12.5. The van der Waals surface area contributed by atoms with E-state index in [1.165, 1.54) is 0 Å². The topological polar surface area (TPSA) is 47.0 Å². The summed E-state index contributed by atoms with van der Waals surface area (Å²) in [6.45, 7) is 4.59. The van der Waals surface area contributed by atoms with E-state index in [9.17, 15) is 9.90 Å². The van der Waals surface area contributed by atoms with Crippen LogP contribution in [0.25, 0.3) is 0 Å². The second-order valence-corrected chi connectivity index (χ2v) is 7.21. The number of aliphatic hydroxyl groups is 1. The summed E-state index contributed by atoms with van der Waals surface area (Å²) < 4.78 is 0. The molecule has 0 spiro atoms. The van der Waals surface area contributed by atoms with Crippen LogP contribution >= 0.6 is 0 Å². The number of piperazine rings is 1. The fourth-order valence-electron chi connectivity index (χ4n) is 3.47. The van der Waals surface area contributed by atoms with Crippen LogP contribution < -0.4 is 4.90 Å². The molecule has 5 heteroatoms. The monoisotopic (exact) mass is 367 g/mol. The van der Waals surface area contributed by atoms with E-state index in [1.807, 2.05) is 55.6 Å². The number of nitrogens with zero attached hydrogens (tertiary/aromatic N) is 3. The normalized spacial score (nSPS) is 16.8. The Morgan fingerprint density at radius 3 is 2.15 bits per heavy atom. The molecule has 2 aromatic carbocycles. The van der Waals surface area contributed by atoms with Crippen LogP contribution in [0.1, 0.15) is 5.56 Å². The Balaban J connectivity index is 1.40. The molecule has 1 unspecified atom stereocenters. The fraction of sp³-hybridized carbons (Fsp3) is 0.409. The molecule has 0 bridgehead atoms. The van der Waals surface area contributed by atoms with E-state index in [0.29, 0.717) is 19.5 Å². The van der Waals surface area contributed by atoms with Crippen molar-refractivity contribution in [3.05, 3.63) is 66.2 Å². The Bertz CT molecular complexity index is 700. The Kier molecular flexibility index (Phi) is 6.98. The standard InChI is InChI=1S/C22H29N3O2/c1-23(20-10-6-3-7-11-20)22(27)18-25-14-12-24(13-15-25)17-21(26)16-19-8-4-2-5-9-19/h2-11,21,26H,12-18H2,1H3. The molecule has 1 fully saturated rings. The minimum atomic E-state index is -0.357. The number of para-hydroxylation sites is 1. The molecule has 1 saturated heterocycles. The number of likely N-dealkylation sites (N-methyl/N-ethyl adjacent to an activating group) is 1. The van der Waals surface area contributed by atoms with Gasteiger partial charge in [0, 0.05) is 45.5 Å². The predicted molar refractivity (Wildman–Crippen MR) is 109 cm³/mol. The van der Waals surface area contributed by atoms with Gasteiger partial charge in [0.2, 0.25) is 5.91 Å². The van der Waals surface area contributed by atoms with Gasteiger partial charge in [0.25, 0.3) is 0 Å². The van der Waals surface area contributed by atoms with Gasteiger partial charge in [-0.3, -0.25) is 14.6 Å². The Hall–Kier alpha value is -2.21. The highest BCUT2D eigenvalue weighted by molar-refractivity contribution is 5.94. The number of amides is 1. The second-order valence-electron chi connectivity index (χ2n) is 7.21. The number of carbonyl (C=O) groups is 1. The van der Waals surface area contributed by atoms with Gasteiger partial charge in [0.05, 0.1) is 12.6 Å². The lowest BCUT2D eigenvalue weighted by Gasteiger charge is -2.35. The summed E-state index contributed by atoms with van der Waals surface area (Å²) in [5.74, 6) is 0.110. The lowest BCUT2D eigenvalue weighted by molar-refractivity contribution is -0.119. The van der Waals surface area contributed by atoms with Crippen LogP contribution in [0.15, 0.2) is 60.7 Å². The van der Waals surface area contributed by atoms with E-state index in [-0.39, 0.29) is 12.0 Å². The average Bonchev–Trinajstić information content (AvgIpc) is 2.70. The third kappa shape index (κ3) is 5.89. The molecule has 1 aliphatic rings. The van der Waals surface area contributed by atoms with Crippen molar-refractivity contribution in [1.29, 1.82) is 0 Å². The van der Waals surface area contributed by atoms with Crippen molar-refractivity contribution in [3.8, 4) is 0 Å². The molecule has 0 radical (unpaired) electrons. The second kappa shape index (κ2) is 9.65. The molecule has 1 atom stereocenters. The van der Waals surface area contributed by atoms with Crippen molar-refractivity contribution in [3.63, 3.8) is 0 Å². The molecule has 0 aliphatic carbocycles. The van der Waals surface area contributed by atoms with Gasteiger partial charge in [-0.25, -0.2) is 0 Å². The first-order valence-electron chi connectivity index (χ1n) is 9.60. The number of hydrogen-bond donors (Lipinski definition) is 1. The largest absolute Gasteiger partial charge is 0.391 e. The lowest BCUT2D eigenvalue weighted by atomic mass is 10.1. The first-order chi connectivity index (χ1) is 13.1. The Morgan fingerprint density at radius 2 is 1.52 bits per heavy atom. The molecule has 1 aliphatic heterocycles. The number of hydrogen-bond acceptors (Lipinski definition) is 4. The van der Waals surface area contributed by atoms with Gasteiger partial charge in [-0.15, -0.1) is 0 Å². The van der Waals surface area contributed by atoms with E-state index < -0.39 is 0 Å². The van der Waals surface area contributed by atoms with Crippen molar-refractivity contribution in [2.24, 2.45) is 0 Å². The van der Waals surface area contributed by atoms with Crippen LogP contribution in [0.5, 0.6) is 0 Å². The van der Waals surface area contributed by atoms with Crippen LogP contribution in [0.2, 0.25) is 0 Å². The number of aliphatic hydroxyl groups excluding tert-OH is 1. The van der Waals surface area contributed by atoms with Crippen LogP contribution in [-0.4, -0.2) is 73.2 Å². The first-order valence-corrected chi connectivity index (χ1v) is 9.60. The number of carbonyl (C=O) groups excluding carboxylic acids is 1. The summed E-state index contributed by atoms with van der Waals surface area (Å²) in [7, 11) is 1.83. The van der Waals surface area contributed by atoms with Gasteiger partial charge >= 0.3 is 0 Å². The Morgan fingerprint density at radius 1 is 0.963 bits per heavy atom. The smallest absolute Gasteiger partial charge is 0.240 e. The molecule has 0 saturated carbocycles. The average molecular weight is 367 g/mol. The lowest BCUT2D eigenvalue weighted by Crippen LogP contribution is -2.51. The highest BCUT2D eigenvalue weighted by Gasteiger charge is 2.22. The molecule has 144 valence electrons. The zero-order valence-electron chi connectivity index (χ0n) is 16.0. The van der Waals surface area contributed by atoms with Crippen molar-refractivity contribution in [2.75, 3.05) is 51.2 Å². The molecule has 3 rings (SSSR count). The van der Waals surface area contributed by atoms with Crippen molar-refractivity contribution < 1.29 is 9.90 Å². The summed E-state index contributed by atoms with van der Waals surface area (Å²) in [6.07, 6.45) is 0.325. The fourth-order valence-corrected chi connectivity index (χ4v) is 3.47. The van der Waals surface area contributed by atoms with Crippen LogP contribution in [0.3, 0.4) is 0 Å². The molecular weight excluding hydrogens is 338 g/mol. The number of β-amino-alcohol motifs (C(OH)–C–C–N with tert-alkyl or cyclic N) is 1. The van der Waals surface area contributed by atoms with Gasteiger partial charge < -0.3 is 10.0 Å². The summed E-state index contributed by atoms with van der Waals surface area (Å²) >= 11 is 0. The zero-order valence-corrected chi connectivity index (χ0v) is 16.0. The van der Waals surface area contributed by atoms with Crippen molar-refractivity contribution in [1.82, 2.24) is 9.80 Å². The van der Waals surface area contributed by atoms with Crippen LogP contribution in [0.4, 0.5) is 5.69 Å². The first kappa shape index (κ1) is 19.5. The van der Waals surface area contributed by atoms with Gasteiger partial charge in [0.1, 0.15) is 0 Å². The number of rotatable bonds is 7. The molecule has 1 heterocycles. The summed E-state index contributed by atoms with van der Waals surface area (Å²) in [5, 5.41) is 10.3. The van der Waals surface area contributed by atoms with E-state index in [1.54, 1.807) is 4.90 Å². The van der Waals surface area contributed by atoms with Crippen LogP contribution in [-0.2, 0) is 11.2 Å². The predicted octanol–water partition coefficient (Wildman–Crippen LogP) is 1.87. The van der Waals surface area contributed by atoms with E-state index >= 15 is 0 Å². The van der Waals surface area contributed by atoms with E-state index in [2.05, 4.69) is 21.9 Å². The van der Waals surface area contributed by atoms with Crippen LogP contribution in [0, 0.1) is 0 Å². The summed E-state index contributed by atoms with van der Waals surface area (Å²) in [6, 6.07) is 19.8. The molecule has 27 heavy (non-hydrogen) atoms. The summed E-state index contributed by atoms with van der Waals surface area (Å²) in [4.78, 5) is 18.7. The highest BCUT2D eigenvalue weighted by Crippen LogP contribution is 2.12. The number of benzene rings is 2. The maximum Gasteiger partial charge on any atom is 0.240 e. The van der Waals surface area contributed by atoms with Gasteiger partial charge in [-0.1, -0.05) is 48.5 Å². The van der Waals surface area contributed by atoms with Gasteiger partial charge in [0.15, 0.2) is 0 Å². The third-order valence-corrected chi connectivity index (χ3v) is 5.12. The van der Waals surface area contributed by atoms with Gasteiger partial charge in [-0.05, 0) is 24.1 Å². The molecular formula is C22H29N3O2. The van der Waals surface area contributed by atoms with Crippen molar-refractivity contribution >= 4 is 11.6 Å². The number of anilines is 1. The summed E-state index contributed by atoms with van der Waals surface area (Å²) in [5.41, 5.74) is 2.09. The maximum absolute atomic E-state index is 12.5. The molecule has 2 aromatic rings. The van der Waals surface area contributed by atoms with Gasteiger partial charge in [-0.2, -0.15) is 0 Å². The highest BCUT2D eigenvalue weighted by atomic mass is 16.3. The quantitative estimate of drug-likeness (QED) is 0.812. The zero-order chi connectivity index (χ0) is 19.1. The molecule has 1 amide bonds. The van der Waals surface area contributed by atoms with E-state index in [4.69, 9.17) is 0 Å². The third-order valence-electron chi connectivity index (χ3n) is 5.12. The minimum Gasteiger partial charge on any atom is -0.391 e. The van der Waals surface area contributed by atoms with E-state index in [0.717, 1.165) is 37.4 Å². The molecule has 1 N–H and O–H groups in total. The SMILES string of the molecule is CN(C(=O)CN1CCN(CC(O)Cc2ccccc2)CC1)c1ccccc1. The van der Waals surface area contributed by atoms with Crippen molar-refractivity contribution in [2.45, 2.75) is 12.5 Å². The minimum absolute atomic E-state index is 0.110.